The molecule has 2 aliphatic rings. The molecular formula is C14H20N4. The third-order valence-corrected chi connectivity index (χ3v) is 3.68. The van der Waals surface area contributed by atoms with Crippen LogP contribution in [0, 0.1) is 18.3 Å². The number of aryl methyl sites for hydroxylation is 1. The topological polar surface area (TPSA) is 66.0 Å². The normalized spacial score (nSPS) is 18.7. The quantitative estimate of drug-likeness (QED) is 0.615. The van der Waals surface area contributed by atoms with Crippen LogP contribution >= 0.6 is 0 Å². The van der Waals surface area contributed by atoms with Crippen LogP contribution in [0.15, 0.2) is 12.1 Å². The first kappa shape index (κ1) is 11.5. The van der Waals surface area contributed by atoms with Gasteiger partial charge in [-0.05, 0) is 50.7 Å². The molecule has 0 spiro atoms. The van der Waals surface area contributed by atoms with Gasteiger partial charge in [-0.15, -0.1) is 0 Å². The van der Waals surface area contributed by atoms with Crippen LogP contribution < -0.4 is 10.6 Å². The maximum Gasteiger partial charge on any atom is 0.129 e. The van der Waals surface area contributed by atoms with Gasteiger partial charge in [0.2, 0.25) is 0 Å². The van der Waals surface area contributed by atoms with Crippen molar-refractivity contribution in [1.29, 1.82) is 5.41 Å². The number of anilines is 1. The standard InChI is InChI=1S/C14H20N4/c1-9-6-11(14(15)16)7-13(17-9)18(12-4-5-12)8-10-2-3-10/h6-7,10,12H,2-5,8H2,1H3,(H3,15,16). The Kier molecular flexibility index (Phi) is 2.73. The summed E-state index contributed by atoms with van der Waals surface area (Å²) in [5, 5.41) is 7.58. The zero-order chi connectivity index (χ0) is 12.7. The Bertz CT molecular complexity index is 475. The molecule has 0 saturated heterocycles. The Balaban J connectivity index is 1.89. The fourth-order valence-corrected chi connectivity index (χ4v) is 2.35. The van der Waals surface area contributed by atoms with E-state index in [0.717, 1.165) is 29.5 Å². The van der Waals surface area contributed by atoms with Crippen molar-refractivity contribution in [2.45, 2.75) is 38.6 Å². The Labute approximate surface area is 108 Å². The first-order valence-electron chi connectivity index (χ1n) is 6.73. The van der Waals surface area contributed by atoms with Crippen LogP contribution in [0.25, 0.3) is 0 Å². The van der Waals surface area contributed by atoms with Gasteiger partial charge in [-0.1, -0.05) is 0 Å². The van der Waals surface area contributed by atoms with Crippen LogP contribution in [0.5, 0.6) is 0 Å². The van der Waals surface area contributed by atoms with Crippen molar-refractivity contribution in [3.05, 3.63) is 23.4 Å². The van der Waals surface area contributed by atoms with E-state index in [1.807, 2.05) is 19.1 Å². The van der Waals surface area contributed by atoms with E-state index in [4.69, 9.17) is 11.1 Å². The van der Waals surface area contributed by atoms with Gasteiger partial charge in [0.1, 0.15) is 11.7 Å². The van der Waals surface area contributed by atoms with Crippen molar-refractivity contribution in [3.63, 3.8) is 0 Å². The van der Waals surface area contributed by atoms with Gasteiger partial charge in [0, 0.05) is 23.8 Å². The van der Waals surface area contributed by atoms with Crippen molar-refractivity contribution in [1.82, 2.24) is 4.98 Å². The fourth-order valence-electron chi connectivity index (χ4n) is 2.35. The molecule has 4 nitrogen and oxygen atoms in total. The number of rotatable bonds is 5. The summed E-state index contributed by atoms with van der Waals surface area (Å²) in [6.45, 7) is 3.09. The average Bonchev–Trinajstić information content (AvgIpc) is 3.17. The third-order valence-electron chi connectivity index (χ3n) is 3.68. The number of nitrogens with zero attached hydrogens (tertiary/aromatic N) is 2. The predicted octanol–water partition coefficient (Wildman–Crippen LogP) is 2.05. The number of pyridine rings is 1. The molecule has 0 aromatic carbocycles. The molecular weight excluding hydrogens is 224 g/mol. The van der Waals surface area contributed by atoms with Gasteiger partial charge in [0.05, 0.1) is 0 Å². The van der Waals surface area contributed by atoms with Gasteiger partial charge in [0.25, 0.3) is 0 Å². The molecule has 1 aromatic rings. The molecule has 0 unspecified atom stereocenters. The molecule has 96 valence electrons. The van der Waals surface area contributed by atoms with Crippen molar-refractivity contribution in [2.75, 3.05) is 11.4 Å². The molecule has 0 radical (unpaired) electrons. The molecule has 0 atom stereocenters. The van der Waals surface area contributed by atoms with E-state index in [-0.39, 0.29) is 5.84 Å². The molecule has 3 rings (SSSR count). The van der Waals surface area contributed by atoms with Crippen molar-refractivity contribution in [2.24, 2.45) is 11.7 Å². The van der Waals surface area contributed by atoms with Gasteiger partial charge in [0.15, 0.2) is 0 Å². The molecule has 0 amide bonds. The number of nitrogen functional groups attached to an aromatic ring is 1. The summed E-state index contributed by atoms with van der Waals surface area (Å²) in [4.78, 5) is 7.06. The minimum atomic E-state index is 0.129. The molecule has 4 heteroatoms. The number of nitrogens with two attached hydrogens (primary N) is 1. The van der Waals surface area contributed by atoms with Crippen LogP contribution in [-0.2, 0) is 0 Å². The molecule has 0 aliphatic heterocycles. The summed E-state index contributed by atoms with van der Waals surface area (Å²) < 4.78 is 0. The minimum absolute atomic E-state index is 0.129. The average molecular weight is 244 g/mol. The molecule has 2 aliphatic carbocycles. The molecule has 18 heavy (non-hydrogen) atoms. The lowest BCUT2D eigenvalue weighted by molar-refractivity contribution is 0.707. The summed E-state index contributed by atoms with van der Waals surface area (Å²) in [7, 11) is 0. The van der Waals surface area contributed by atoms with E-state index in [1.165, 1.54) is 25.7 Å². The monoisotopic (exact) mass is 244 g/mol. The van der Waals surface area contributed by atoms with Crippen LogP contribution in [0.4, 0.5) is 5.82 Å². The van der Waals surface area contributed by atoms with Gasteiger partial charge < -0.3 is 10.6 Å². The Hall–Kier alpha value is -1.58. The highest BCUT2D eigenvalue weighted by Gasteiger charge is 2.34. The van der Waals surface area contributed by atoms with Crippen LogP contribution in [-0.4, -0.2) is 23.4 Å². The van der Waals surface area contributed by atoms with E-state index in [2.05, 4.69) is 9.88 Å². The number of hydrogen-bond donors (Lipinski definition) is 2. The largest absolute Gasteiger partial charge is 0.384 e. The highest BCUT2D eigenvalue weighted by Crippen LogP contribution is 2.37. The lowest BCUT2D eigenvalue weighted by Crippen LogP contribution is -2.29. The minimum Gasteiger partial charge on any atom is -0.384 e. The first-order valence-corrected chi connectivity index (χ1v) is 6.73. The molecule has 2 saturated carbocycles. The smallest absolute Gasteiger partial charge is 0.129 e. The number of nitrogens with one attached hydrogen (secondary N) is 1. The van der Waals surface area contributed by atoms with Gasteiger partial charge >= 0.3 is 0 Å². The summed E-state index contributed by atoms with van der Waals surface area (Å²) in [6.07, 6.45) is 5.26. The van der Waals surface area contributed by atoms with Gasteiger partial charge in [-0.3, -0.25) is 5.41 Å². The highest BCUT2D eigenvalue weighted by atomic mass is 15.2. The SMILES string of the molecule is Cc1cc(C(=N)N)cc(N(CC2CC2)C2CC2)n1. The zero-order valence-corrected chi connectivity index (χ0v) is 10.8. The maximum absolute atomic E-state index is 7.58. The molecule has 3 N–H and O–H groups in total. The Morgan fingerprint density at radius 1 is 1.39 bits per heavy atom. The fraction of sp³-hybridized carbons (Fsp3) is 0.571. The summed E-state index contributed by atoms with van der Waals surface area (Å²) in [6, 6.07) is 4.52. The Morgan fingerprint density at radius 2 is 2.11 bits per heavy atom. The van der Waals surface area contributed by atoms with Gasteiger partial charge in [-0.25, -0.2) is 4.98 Å². The van der Waals surface area contributed by atoms with E-state index < -0.39 is 0 Å². The zero-order valence-electron chi connectivity index (χ0n) is 10.8. The van der Waals surface area contributed by atoms with E-state index in [1.54, 1.807) is 0 Å². The number of amidine groups is 1. The summed E-state index contributed by atoms with van der Waals surface area (Å²) >= 11 is 0. The van der Waals surface area contributed by atoms with Crippen molar-refractivity contribution in [3.8, 4) is 0 Å². The first-order chi connectivity index (χ1) is 8.63. The molecule has 0 bridgehead atoms. The molecule has 1 aromatic heterocycles. The maximum atomic E-state index is 7.58. The van der Waals surface area contributed by atoms with E-state index in [9.17, 15) is 0 Å². The molecule has 1 heterocycles. The Morgan fingerprint density at radius 3 is 2.67 bits per heavy atom. The van der Waals surface area contributed by atoms with E-state index >= 15 is 0 Å². The lowest BCUT2D eigenvalue weighted by atomic mass is 10.2. The van der Waals surface area contributed by atoms with E-state index in [0.29, 0.717) is 6.04 Å². The van der Waals surface area contributed by atoms with Crippen LogP contribution in [0.1, 0.15) is 36.9 Å². The third kappa shape index (κ3) is 2.47. The van der Waals surface area contributed by atoms with Crippen LogP contribution in [0.2, 0.25) is 0 Å². The molecule has 2 fully saturated rings. The summed E-state index contributed by atoms with van der Waals surface area (Å²) in [5.74, 6) is 1.99. The highest BCUT2D eigenvalue weighted by molar-refractivity contribution is 5.95. The van der Waals surface area contributed by atoms with Crippen LogP contribution in [0.3, 0.4) is 0 Å². The van der Waals surface area contributed by atoms with Gasteiger partial charge in [-0.2, -0.15) is 0 Å². The second-order valence-electron chi connectivity index (χ2n) is 5.60. The lowest BCUT2D eigenvalue weighted by Gasteiger charge is -2.24. The number of hydrogen-bond acceptors (Lipinski definition) is 3. The summed E-state index contributed by atoms with van der Waals surface area (Å²) in [5.41, 5.74) is 7.33. The van der Waals surface area contributed by atoms with Crippen molar-refractivity contribution < 1.29 is 0 Å². The van der Waals surface area contributed by atoms with Crippen molar-refractivity contribution >= 4 is 11.7 Å². The second kappa shape index (κ2) is 4.26. The predicted molar refractivity (Wildman–Crippen MR) is 73.1 cm³/mol. The number of aromatic nitrogens is 1. The second-order valence-corrected chi connectivity index (χ2v) is 5.60.